The van der Waals surface area contributed by atoms with Crippen LogP contribution in [0, 0.1) is 20.9 Å². The van der Waals surface area contributed by atoms with Crippen molar-refractivity contribution >= 4 is 29.4 Å². The van der Waals surface area contributed by atoms with E-state index in [1.165, 1.54) is 24.3 Å². The number of nitrogens with one attached hydrogen (secondary N) is 3. The lowest BCUT2D eigenvalue weighted by Gasteiger charge is -2.35. The maximum atomic E-state index is 12.7. The Kier molecular flexibility index (Phi) is 10.8. The summed E-state index contributed by atoms with van der Waals surface area (Å²) in [5.41, 5.74) is -2.00. The monoisotopic (exact) mass is 494 g/mol. The summed E-state index contributed by atoms with van der Waals surface area (Å²) in [5, 5.41) is 27.5. The van der Waals surface area contributed by atoms with Crippen LogP contribution < -0.4 is 20.7 Å². The van der Waals surface area contributed by atoms with Crippen LogP contribution in [0.25, 0.3) is 0 Å². The molecule has 0 aromatic heterocycles. The highest BCUT2D eigenvalue weighted by atomic mass is 16.6. The Hall–Kier alpha value is -3.54. The molecule has 12 nitrogen and oxygen atoms in total. The molecule has 35 heavy (non-hydrogen) atoms. The molecule has 0 saturated carbocycles. The number of nitro benzene ring substituents is 1. The van der Waals surface area contributed by atoms with Gasteiger partial charge in [0, 0.05) is 29.5 Å². The summed E-state index contributed by atoms with van der Waals surface area (Å²) in [6.45, 7) is 7.71. The summed E-state index contributed by atoms with van der Waals surface area (Å²) in [6, 6.07) is 4.88. The third-order valence-electron chi connectivity index (χ3n) is 5.45. The molecule has 194 valence electrons. The molecule has 0 spiro atoms. The van der Waals surface area contributed by atoms with Crippen molar-refractivity contribution in [2.45, 2.75) is 53.6 Å². The summed E-state index contributed by atoms with van der Waals surface area (Å²) in [5.74, 6) is -2.04. The largest absolute Gasteiger partial charge is 0.425 e. The molecule has 2 unspecified atom stereocenters. The number of hydrogen-bond acceptors (Lipinski definition) is 8. The zero-order valence-electron chi connectivity index (χ0n) is 20.7. The molecule has 0 aliphatic carbocycles. The fourth-order valence-corrected chi connectivity index (χ4v) is 3.31. The Morgan fingerprint density at radius 2 is 1.63 bits per heavy atom. The number of hydrogen-bond donors (Lipinski definition) is 4. The minimum Gasteiger partial charge on any atom is -0.425 e. The third-order valence-corrected chi connectivity index (χ3v) is 5.45. The predicted molar refractivity (Wildman–Crippen MR) is 126 cm³/mol. The van der Waals surface area contributed by atoms with Gasteiger partial charge < -0.3 is 25.8 Å². The van der Waals surface area contributed by atoms with Crippen molar-refractivity contribution < 1.29 is 33.9 Å². The van der Waals surface area contributed by atoms with Crippen molar-refractivity contribution in [1.29, 1.82) is 0 Å². The van der Waals surface area contributed by atoms with Crippen molar-refractivity contribution in [3.8, 4) is 5.75 Å². The van der Waals surface area contributed by atoms with Gasteiger partial charge in [-0.15, -0.1) is 0 Å². The normalized spacial score (nSPS) is 13.7. The molecule has 0 aliphatic rings. The summed E-state index contributed by atoms with van der Waals surface area (Å²) in [6.07, 6.45) is -0.0227. The van der Waals surface area contributed by atoms with Gasteiger partial charge in [0.05, 0.1) is 17.6 Å². The Bertz CT molecular complexity index is 930. The maximum Gasteiger partial charge on any atom is 0.330 e. The molecule has 0 fully saturated rings. The lowest BCUT2D eigenvalue weighted by molar-refractivity contribution is -0.384. The summed E-state index contributed by atoms with van der Waals surface area (Å²) < 4.78 is 4.99. The number of benzene rings is 1. The molecule has 0 saturated heterocycles. The lowest BCUT2D eigenvalue weighted by Crippen LogP contribution is -2.48. The number of rotatable bonds is 13. The van der Waals surface area contributed by atoms with Gasteiger partial charge in [-0.2, -0.15) is 0 Å². The fourth-order valence-electron chi connectivity index (χ4n) is 3.31. The highest BCUT2D eigenvalue weighted by Gasteiger charge is 2.41. The van der Waals surface area contributed by atoms with Gasteiger partial charge in [0.1, 0.15) is 12.3 Å². The molecule has 3 amide bonds. The molecule has 0 radical (unpaired) electrons. The number of amides is 3. The topological polar surface area (TPSA) is 177 Å². The van der Waals surface area contributed by atoms with Crippen LogP contribution in [0.1, 0.15) is 47.5 Å². The fraction of sp³-hybridized carbons (Fsp3) is 0.565. The minimum atomic E-state index is -0.984. The number of aliphatic hydroxyl groups is 1. The molecular weight excluding hydrogens is 460 g/mol. The minimum absolute atomic E-state index is 0.0846. The van der Waals surface area contributed by atoms with Gasteiger partial charge in [0.25, 0.3) is 5.69 Å². The number of non-ortho nitro benzene ring substituents is 1. The number of carbonyl (C=O) groups excluding carboxylic acids is 4. The van der Waals surface area contributed by atoms with E-state index in [9.17, 15) is 34.4 Å². The standard InChI is InChI=1S/C23H34N4O8/c1-6-23(5,21(32)25-11-15(2)28)14-22(3,4)20(31)26-12-18(29)24-13-19(30)35-17-9-7-16(8-10-17)27(33)34/h7-10,15,28H,6,11-14H2,1-5H3,(H,24,29)(H,25,32)(H,26,31). The van der Waals surface area contributed by atoms with Crippen LogP contribution in [0.2, 0.25) is 0 Å². The van der Waals surface area contributed by atoms with Crippen molar-refractivity contribution in [3.05, 3.63) is 34.4 Å². The van der Waals surface area contributed by atoms with Gasteiger partial charge in [0.15, 0.2) is 0 Å². The SMILES string of the molecule is CCC(C)(CC(C)(C)C(=O)NCC(=O)NCC(=O)Oc1ccc([N+](=O)[O-])cc1)C(=O)NCC(C)O. The molecule has 1 aromatic carbocycles. The molecule has 4 N–H and O–H groups in total. The highest BCUT2D eigenvalue weighted by molar-refractivity contribution is 5.90. The van der Waals surface area contributed by atoms with E-state index in [4.69, 9.17) is 4.74 Å². The van der Waals surface area contributed by atoms with Crippen LogP contribution in [-0.2, 0) is 19.2 Å². The first-order valence-corrected chi connectivity index (χ1v) is 11.2. The van der Waals surface area contributed by atoms with Crippen LogP contribution in [0.15, 0.2) is 24.3 Å². The van der Waals surface area contributed by atoms with E-state index in [0.717, 1.165) is 0 Å². The van der Waals surface area contributed by atoms with E-state index in [1.54, 1.807) is 27.7 Å². The second-order valence-electron chi connectivity index (χ2n) is 9.22. The second kappa shape index (κ2) is 12.8. The number of ether oxygens (including phenoxy) is 1. The van der Waals surface area contributed by atoms with Gasteiger partial charge in [-0.05, 0) is 31.9 Å². The van der Waals surface area contributed by atoms with Crippen molar-refractivity contribution in [2.24, 2.45) is 10.8 Å². The zero-order chi connectivity index (χ0) is 26.8. The first-order chi connectivity index (χ1) is 16.2. The molecule has 2 atom stereocenters. The van der Waals surface area contributed by atoms with E-state index in [2.05, 4.69) is 16.0 Å². The zero-order valence-corrected chi connectivity index (χ0v) is 20.7. The first kappa shape index (κ1) is 29.5. The summed E-state index contributed by atoms with van der Waals surface area (Å²) in [7, 11) is 0. The molecule has 0 aliphatic heterocycles. The second-order valence-corrected chi connectivity index (χ2v) is 9.22. The van der Waals surface area contributed by atoms with Crippen LogP contribution in [-0.4, -0.2) is 59.5 Å². The van der Waals surface area contributed by atoms with Crippen LogP contribution in [0.3, 0.4) is 0 Å². The molecule has 0 bridgehead atoms. The number of esters is 1. The van der Waals surface area contributed by atoms with Gasteiger partial charge >= 0.3 is 5.97 Å². The Morgan fingerprint density at radius 1 is 1.03 bits per heavy atom. The lowest BCUT2D eigenvalue weighted by atomic mass is 9.71. The number of nitrogens with zero attached hydrogens (tertiary/aromatic N) is 1. The Balaban J connectivity index is 2.53. The molecule has 0 heterocycles. The van der Waals surface area contributed by atoms with E-state index in [-0.39, 0.29) is 36.9 Å². The van der Waals surface area contributed by atoms with Gasteiger partial charge in [-0.25, -0.2) is 4.79 Å². The van der Waals surface area contributed by atoms with Crippen LogP contribution in [0.5, 0.6) is 5.75 Å². The van der Waals surface area contributed by atoms with Crippen molar-refractivity contribution in [3.63, 3.8) is 0 Å². The van der Waals surface area contributed by atoms with Crippen molar-refractivity contribution in [2.75, 3.05) is 19.6 Å². The van der Waals surface area contributed by atoms with Crippen LogP contribution in [0.4, 0.5) is 5.69 Å². The molecular formula is C23H34N4O8. The van der Waals surface area contributed by atoms with E-state index >= 15 is 0 Å². The number of nitro groups is 1. The van der Waals surface area contributed by atoms with E-state index in [0.29, 0.717) is 6.42 Å². The molecule has 1 aromatic rings. The summed E-state index contributed by atoms with van der Waals surface area (Å²) >= 11 is 0. The quantitative estimate of drug-likeness (QED) is 0.136. The average molecular weight is 495 g/mol. The predicted octanol–water partition coefficient (Wildman–Crippen LogP) is 1.06. The van der Waals surface area contributed by atoms with Crippen molar-refractivity contribution in [1.82, 2.24) is 16.0 Å². The number of carbonyl (C=O) groups is 4. The van der Waals surface area contributed by atoms with E-state index in [1.807, 2.05) is 6.92 Å². The molecule has 12 heteroatoms. The third kappa shape index (κ3) is 9.69. The Morgan fingerprint density at radius 3 is 2.14 bits per heavy atom. The maximum absolute atomic E-state index is 12.7. The van der Waals surface area contributed by atoms with Gasteiger partial charge in [0.2, 0.25) is 17.7 Å². The first-order valence-electron chi connectivity index (χ1n) is 11.2. The van der Waals surface area contributed by atoms with Gasteiger partial charge in [-0.1, -0.05) is 27.7 Å². The van der Waals surface area contributed by atoms with Crippen LogP contribution >= 0.6 is 0 Å². The highest BCUT2D eigenvalue weighted by Crippen LogP contribution is 2.37. The van der Waals surface area contributed by atoms with Gasteiger partial charge in [-0.3, -0.25) is 24.5 Å². The molecule has 1 rings (SSSR count). The Labute approximate surface area is 203 Å². The van der Waals surface area contributed by atoms with E-state index < -0.39 is 46.2 Å². The summed E-state index contributed by atoms with van der Waals surface area (Å²) in [4.78, 5) is 59.3. The smallest absolute Gasteiger partial charge is 0.330 e. The number of aliphatic hydroxyl groups excluding tert-OH is 1. The average Bonchev–Trinajstić information content (AvgIpc) is 2.79.